The van der Waals surface area contributed by atoms with Crippen LogP contribution in [0.4, 0.5) is 11.4 Å². The van der Waals surface area contributed by atoms with Gasteiger partial charge in [0.2, 0.25) is 0 Å². The number of hydrogen-bond donors (Lipinski definition) is 2. The summed E-state index contributed by atoms with van der Waals surface area (Å²) in [5, 5.41) is 16.8. The number of para-hydroxylation sites is 2. The average Bonchev–Trinajstić information content (AvgIpc) is 3.29. The number of sulfonamides is 1. The maximum Gasteiger partial charge on any atom is 0.307 e. The third kappa shape index (κ3) is 6.80. The Kier molecular flexibility index (Phi) is 9.56. The molecule has 1 aliphatic rings. The molecular formula is C34H35N5O7S. The van der Waals surface area contributed by atoms with Crippen LogP contribution in [0.25, 0.3) is 0 Å². The highest BCUT2D eigenvalue weighted by Gasteiger charge is 2.42. The zero-order valence-corrected chi connectivity index (χ0v) is 27.2. The van der Waals surface area contributed by atoms with E-state index in [0.717, 1.165) is 15.4 Å². The van der Waals surface area contributed by atoms with Gasteiger partial charge in [0.1, 0.15) is 10.6 Å². The lowest BCUT2D eigenvalue weighted by molar-refractivity contribution is -0.136. The number of anilines is 1. The Labute approximate surface area is 272 Å². The molecule has 0 aliphatic carbocycles. The third-order valence-corrected chi connectivity index (χ3v) is 9.75. The quantitative estimate of drug-likeness (QED) is 0.160. The fourth-order valence-corrected chi connectivity index (χ4v) is 7.20. The molecule has 12 nitrogen and oxygen atoms in total. The topological polar surface area (TPSA) is 160 Å². The molecule has 1 amide bonds. The van der Waals surface area contributed by atoms with Crippen LogP contribution in [0.5, 0.6) is 5.75 Å². The predicted molar refractivity (Wildman–Crippen MR) is 176 cm³/mol. The van der Waals surface area contributed by atoms with Crippen LogP contribution in [0.3, 0.4) is 0 Å². The predicted octanol–water partition coefficient (Wildman–Crippen LogP) is 4.94. The fraction of sp³-hybridized carbons (Fsp3) is 0.265. The van der Waals surface area contributed by atoms with Gasteiger partial charge in [0.05, 0.1) is 30.1 Å². The number of carbonyl (C=O) groups is 3. The number of aromatic nitrogens is 2. The van der Waals surface area contributed by atoms with Crippen molar-refractivity contribution < 1.29 is 32.6 Å². The molecule has 1 aliphatic heterocycles. The van der Waals surface area contributed by atoms with E-state index in [1.165, 1.54) is 16.8 Å². The highest BCUT2D eigenvalue weighted by atomic mass is 32.2. The molecule has 0 bridgehead atoms. The molecule has 0 saturated heterocycles. The van der Waals surface area contributed by atoms with Gasteiger partial charge in [-0.25, -0.2) is 18.1 Å². The first-order valence-corrected chi connectivity index (χ1v) is 16.4. The summed E-state index contributed by atoms with van der Waals surface area (Å²) >= 11 is 0. The molecule has 4 aromatic rings. The van der Waals surface area contributed by atoms with Crippen LogP contribution in [-0.2, 0) is 26.0 Å². The molecule has 1 unspecified atom stereocenters. The van der Waals surface area contributed by atoms with Crippen molar-refractivity contribution in [2.45, 2.75) is 51.5 Å². The number of nitrogens with zero attached hydrogens (tertiary/aromatic N) is 4. The monoisotopic (exact) mass is 657 g/mol. The summed E-state index contributed by atoms with van der Waals surface area (Å²) in [5.74, 6) is -1.27. The Morgan fingerprint density at radius 3 is 2.47 bits per heavy atom. The molecule has 0 radical (unpaired) electrons. The van der Waals surface area contributed by atoms with E-state index in [9.17, 15) is 27.9 Å². The number of aldehydes is 1. The summed E-state index contributed by atoms with van der Waals surface area (Å²) in [5.41, 5.74) is 3.70. The van der Waals surface area contributed by atoms with Gasteiger partial charge in [0.15, 0.2) is 18.2 Å². The normalized spacial score (nSPS) is 14.1. The smallest absolute Gasteiger partial charge is 0.307 e. The number of hydrogen-bond acceptors (Lipinski definition) is 8. The van der Waals surface area contributed by atoms with Crippen LogP contribution in [-0.4, -0.2) is 64.8 Å². The highest BCUT2D eigenvalue weighted by Crippen LogP contribution is 2.36. The zero-order chi connectivity index (χ0) is 33.9. The fourth-order valence-electron chi connectivity index (χ4n) is 5.58. The van der Waals surface area contributed by atoms with E-state index in [0.29, 0.717) is 29.0 Å². The number of carbonyl (C=O) groups excluding carboxylic acids is 2. The average molecular weight is 658 g/mol. The van der Waals surface area contributed by atoms with Gasteiger partial charge in [-0.05, 0) is 63.6 Å². The molecule has 2 heterocycles. The molecule has 47 heavy (non-hydrogen) atoms. The van der Waals surface area contributed by atoms with Gasteiger partial charge in [0.25, 0.3) is 15.9 Å². The van der Waals surface area contributed by atoms with E-state index >= 15 is 0 Å². The second-order valence-corrected chi connectivity index (χ2v) is 13.1. The number of carboxylic acids is 1. The van der Waals surface area contributed by atoms with Crippen molar-refractivity contribution >= 4 is 45.4 Å². The van der Waals surface area contributed by atoms with Gasteiger partial charge < -0.3 is 15.2 Å². The number of aliphatic carboxylic acids is 1. The number of benzene rings is 3. The molecule has 244 valence electrons. The van der Waals surface area contributed by atoms with Crippen LogP contribution >= 0.6 is 0 Å². The van der Waals surface area contributed by atoms with Crippen molar-refractivity contribution in [2.75, 3.05) is 18.5 Å². The molecule has 13 heteroatoms. The van der Waals surface area contributed by atoms with Crippen molar-refractivity contribution in [2.24, 2.45) is 4.99 Å². The Hall–Kier alpha value is -5.30. The molecule has 0 fully saturated rings. The number of aliphatic imine (C=N–C) groups is 1. The van der Waals surface area contributed by atoms with Gasteiger partial charge in [-0.1, -0.05) is 42.0 Å². The maximum absolute atomic E-state index is 14.3. The third-order valence-electron chi connectivity index (χ3n) is 7.90. The summed E-state index contributed by atoms with van der Waals surface area (Å²) in [6.07, 6.45) is 0.490. The largest absolute Gasteiger partial charge is 0.493 e. The number of amidine groups is 1. The summed E-state index contributed by atoms with van der Waals surface area (Å²) < 4.78 is 36.8. The minimum atomic E-state index is -4.22. The van der Waals surface area contributed by atoms with Gasteiger partial charge >= 0.3 is 5.97 Å². The number of aryl methyl sites for hydroxylation is 3. The van der Waals surface area contributed by atoms with Crippen molar-refractivity contribution in [3.8, 4) is 5.75 Å². The molecule has 0 spiro atoms. The molecule has 1 aromatic heterocycles. The van der Waals surface area contributed by atoms with Crippen LogP contribution in [0.2, 0.25) is 0 Å². The Balaban J connectivity index is 1.60. The molecule has 2 N–H and O–H groups in total. The Bertz CT molecular complexity index is 2000. The number of amides is 1. The lowest BCUT2D eigenvalue weighted by atomic mass is 10.1. The first kappa shape index (κ1) is 33.1. The number of nitrogens with one attached hydrogen (secondary N) is 1. The van der Waals surface area contributed by atoms with Gasteiger partial charge in [0, 0.05) is 29.8 Å². The second kappa shape index (κ2) is 13.6. The van der Waals surface area contributed by atoms with E-state index in [-0.39, 0.29) is 53.7 Å². The lowest BCUT2D eigenvalue weighted by Crippen LogP contribution is -2.48. The first-order chi connectivity index (χ1) is 22.4. The summed E-state index contributed by atoms with van der Waals surface area (Å²) in [7, 11) is -4.22. The van der Waals surface area contributed by atoms with E-state index in [2.05, 4.69) is 10.4 Å². The molecular weight excluding hydrogens is 622 g/mol. The molecule has 0 saturated carbocycles. The van der Waals surface area contributed by atoms with Gasteiger partial charge in [-0.2, -0.15) is 5.10 Å². The standard InChI is InChI=1S/C34H35N5O7S/c1-21-14-15-29(22(2)18-21)46-17-9-16-38-33(35-28-12-7-8-13-30(28)47(38,44)45)32(34(43)36-27-11-6-5-10-25(27)20-40)39-24(4)26(19-31(41)42)23(3)37-39/h5-8,10-15,18,20,32H,9,16-17,19H2,1-4H3,(H,36,43)(H,41,42). The van der Waals surface area contributed by atoms with Crippen LogP contribution in [0, 0.1) is 27.7 Å². The van der Waals surface area contributed by atoms with Crippen molar-refractivity contribution in [3.63, 3.8) is 0 Å². The van der Waals surface area contributed by atoms with E-state index in [1.54, 1.807) is 50.2 Å². The molecule has 3 aromatic carbocycles. The molecule has 1 atom stereocenters. The van der Waals surface area contributed by atoms with Crippen LogP contribution < -0.4 is 10.1 Å². The minimum absolute atomic E-state index is 0.0237. The number of fused-ring (bicyclic) bond motifs is 1. The van der Waals surface area contributed by atoms with Crippen molar-refractivity contribution in [3.05, 3.63) is 100 Å². The first-order valence-electron chi connectivity index (χ1n) is 14.9. The van der Waals surface area contributed by atoms with Gasteiger partial charge in [-0.3, -0.25) is 18.7 Å². The highest BCUT2D eigenvalue weighted by molar-refractivity contribution is 7.90. The van der Waals surface area contributed by atoms with Crippen molar-refractivity contribution in [1.29, 1.82) is 0 Å². The van der Waals surface area contributed by atoms with E-state index in [1.807, 2.05) is 32.0 Å². The second-order valence-electron chi connectivity index (χ2n) is 11.2. The lowest BCUT2D eigenvalue weighted by Gasteiger charge is -2.33. The Morgan fingerprint density at radius 2 is 1.74 bits per heavy atom. The van der Waals surface area contributed by atoms with Gasteiger partial charge in [-0.15, -0.1) is 0 Å². The molecule has 5 rings (SSSR count). The van der Waals surface area contributed by atoms with E-state index < -0.39 is 27.9 Å². The van der Waals surface area contributed by atoms with Crippen LogP contribution in [0.1, 0.15) is 50.9 Å². The number of carboxylic acid groups (broad SMARTS) is 1. The summed E-state index contributed by atoms with van der Waals surface area (Å²) in [6, 6.07) is 16.9. The Morgan fingerprint density at radius 1 is 1.02 bits per heavy atom. The number of rotatable bonds is 12. The maximum atomic E-state index is 14.3. The summed E-state index contributed by atoms with van der Waals surface area (Å²) in [6.45, 7) is 7.24. The van der Waals surface area contributed by atoms with Crippen LogP contribution in [0.15, 0.2) is 76.6 Å². The zero-order valence-electron chi connectivity index (χ0n) is 26.4. The van der Waals surface area contributed by atoms with E-state index in [4.69, 9.17) is 9.73 Å². The van der Waals surface area contributed by atoms with Crippen molar-refractivity contribution in [1.82, 2.24) is 14.1 Å². The number of ether oxygens (including phenoxy) is 1. The SMILES string of the molecule is Cc1ccc(OCCCN2C(C(C(=O)Nc3ccccc3C=O)n3nc(C)c(CC(=O)O)c3C)=Nc3ccccc3S2(=O)=O)c(C)c1. The minimum Gasteiger partial charge on any atom is -0.493 e. The summed E-state index contributed by atoms with van der Waals surface area (Å²) in [4.78, 5) is 42.4.